The van der Waals surface area contributed by atoms with Crippen molar-refractivity contribution >= 4 is 11.7 Å². The Kier molecular flexibility index (Phi) is 4.51. The highest BCUT2D eigenvalue weighted by atomic mass is 19.3. The van der Waals surface area contributed by atoms with Gasteiger partial charge in [0.1, 0.15) is 17.2 Å². The Hall–Kier alpha value is -3.74. The lowest BCUT2D eigenvalue weighted by Gasteiger charge is -2.40. The number of hydrogen-bond donors (Lipinski definition) is 3. The van der Waals surface area contributed by atoms with Crippen molar-refractivity contribution in [3.05, 3.63) is 53.6 Å². The van der Waals surface area contributed by atoms with E-state index in [1.807, 2.05) is 0 Å². The minimum Gasteiger partial charge on any atom is -0.312 e. The van der Waals surface area contributed by atoms with Crippen LogP contribution in [-0.4, -0.2) is 31.9 Å². The van der Waals surface area contributed by atoms with Crippen molar-refractivity contribution in [2.45, 2.75) is 37.8 Å². The van der Waals surface area contributed by atoms with Crippen LogP contribution >= 0.6 is 0 Å². The van der Waals surface area contributed by atoms with Crippen LogP contribution in [0, 0.1) is 23.6 Å². The number of alkyl halides is 2. The number of nitrogens with zero attached hydrogens (tertiary/aromatic N) is 3. The number of rotatable bonds is 4. The summed E-state index contributed by atoms with van der Waals surface area (Å²) >= 11 is 0. The minimum atomic E-state index is -3.45. The Morgan fingerprint density at radius 3 is 2.78 bits per heavy atom. The van der Waals surface area contributed by atoms with Gasteiger partial charge in [-0.3, -0.25) is 9.78 Å². The normalized spacial score (nSPS) is 20.1. The van der Waals surface area contributed by atoms with Crippen LogP contribution in [0.1, 0.15) is 30.9 Å². The summed E-state index contributed by atoms with van der Waals surface area (Å²) in [6.07, 6.45) is 4.98. The lowest BCUT2D eigenvalue weighted by molar-refractivity contribution is -0.0465. The lowest BCUT2D eigenvalue weighted by Crippen LogP contribution is -2.59. The zero-order valence-electron chi connectivity index (χ0n) is 17.0. The number of fused-ring (bicyclic) bond motifs is 1. The molecule has 10 heteroatoms. The van der Waals surface area contributed by atoms with Crippen LogP contribution in [0.25, 0.3) is 11.4 Å². The number of carbonyl (C=O) groups is 1. The molecule has 1 aliphatic heterocycles. The third-order valence-electron chi connectivity index (χ3n) is 5.58. The van der Waals surface area contributed by atoms with Crippen LogP contribution in [0.3, 0.4) is 0 Å². The van der Waals surface area contributed by atoms with E-state index in [1.165, 1.54) is 10.7 Å². The molecule has 1 atom stereocenters. The SMILES string of the molecule is CC(F)(F)[C@@]1(C#CC2CC2)NC(=O)Nc2cc(Cn3ccc(-c4cc[nH]n4)n3)c(F)cc21. The highest BCUT2D eigenvalue weighted by Gasteiger charge is 2.55. The van der Waals surface area contributed by atoms with Gasteiger partial charge in [-0.1, -0.05) is 11.8 Å². The summed E-state index contributed by atoms with van der Waals surface area (Å²) in [5, 5.41) is 15.9. The highest BCUT2D eigenvalue weighted by molar-refractivity contribution is 5.95. The molecule has 1 aliphatic carbocycles. The molecule has 2 amide bonds. The van der Waals surface area contributed by atoms with Crippen LogP contribution < -0.4 is 10.6 Å². The molecule has 5 rings (SSSR count). The van der Waals surface area contributed by atoms with Crippen LogP contribution in [0.4, 0.5) is 23.7 Å². The van der Waals surface area contributed by atoms with Crippen LogP contribution in [0.2, 0.25) is 0 Å². The largest absolute Gasteiger partial charge is 0.320 e. The molecule has 3 aromatic rings. The van der Waals surface area contributed by atoms with E-state index in [1.54, 1.807) is 24.5 Å². The summed E-state index contributed by atoms with van der Waals surface area (Å²) in [5.41, 5.74) is -0.899. The fourth-order valence-corrected chi connectivity index (χ4v) is 3.70. The molecule has 1 fully saturated rings. The molecule has 3 heterocycles. The third-order valence-corrected chi connectivity index (χ3v) is 5.58. The molecule has 0 saturated heterocycles. The van der Waals surface area contributed by atoms with Crippen molar-refractivity contribution < 1.29 is 18.0 Å². The molecule has 2 aromatic heterocycles. The number of aromatic nitrogens is 4. The van der Waals surface area contributed by atoms with Crippen molar-refractivity contribution in [3.63, 3.8) is 0 Å². The summed E-state index contributed by atoms with van der Waals surface area (Å²) in [6.45, 7) is 0.714. The number of amides is 2. The third kappa shape index (κ3) is 3.49. The van der Waals surface area contributed by atoms with Gasteiger partial charge in [-0.15, -0.1) is 0 Å². The van der Waals surface area contributed by atoms with E-state index in [-0.39, 0.29) is 29.3 Å². The zero-order valence-corrected chi connectivity index (χ0v) is 17.0. The van der Waals surface area contributed by atoms with Crippen molar-refractivity contribution in [2.75, 3.05) is 5.32 Å². The second-order valence-corrected chi connectivity index (χ2v) is 8.11. The van der Waals surface area contributed by atoms with Crippen molar-refractivity contribution in [3.8, 4) is 23.2 Å². The molecule has 0 bridgehead atoms. The average Bonchev–Trinajstić information content (AvgIpc) is 3.19. The Bertz CT molecular complexity index is 1250. The number of hydrogen-bond acceptors (Lipinski definition) is 3. The maximum absolute atomic E-state index is 15.1. The summed E-state index contributed by atoms with van der Waals surface area (Å²) in [4.78, 5) is 12.3. The Morgan fingerprint density at radius 1 is 1.28 bits per heavy atom. The molecule has 1 aromatic carbocycles. The molecule has 2 aliphatic rings. The molecule has 0 radical (unpaired) electrons. The van der Waals surface area contributed by atoms with Crippen LogP contribution in [-0.2, 0) is 12.1 Å². The first-order valence-corrected chi connectivity index (χ1v) is 10.1. The number of aromatic amines is 1. The number of H-pyrrole nitrogens is 1. The number of carbonyl (C=O) groups excluding carboxylic acids is 1. The second-order valence-electron chi connectivity index (χ2n) is 8.11. The van der Waals surface area contributed by atoms with Gasteiger partial charge in [0.15, 0.2) is 5.54 Å². The van der Waals surface area contributed by atoms with Crippen molar-refractivity contribution in [1.29, 1.82) is 0 Å². The number of urea groups is 1. The lowest BCUT2D eigenvalue weighted by atomic mass is 9.81. The van der Waals surface area contributed by atoms with E-state index in [4.69, 9.17) is 0 Å². The van der Waals surface area contributed by atoms with Crippen LogP contribution in [0.15, 0.2) is 36.7 Å². The summed E-state index contributed by atoms with van der Waals surface area (Å²) in [7, 11) is 0. The molecular weight excluding hydrogens is 421 g/mol. The maximum atomic E-state index is 15.1. The Morgan fingerprint density at radius 2 is 2.09 bits per heavy atom. The predicted molar refractivity (Wildman–Crippen MR) is 110 cm³/mol. The van der Waals surface area contributed by atoms with Crippen molar-refractivity contribution in [2.24, 2.45) is 5.92 Å². The van der Waals surface area contributed by atoms with E-state index >= 15 is 4.39 Å². The standard InChI is InChI=1S/C22H19F3N6O/c1-21(24,25)22(7-4-13-2-3-13)15-11-16(23)14(10-19(15)27-20(32)28-22)12-31-9-6-18(30-31)17-5-8-26-29-17/h5-6,8-11,13H,2-3,12H2,1H3,(H,26,29)(H2,27,28,32)/t22-/m0/s1. The van der Waals surface area contributed by atoms with Crippen molar-refractivity contribution in [1.82, 2.24) is 25.3 Å². The van der Waals surface area contributed by atoms with Gasteiger partial charge in [-0.25, -0.2) is 18.0 Å². The first-order chi connectivity index (χ1) is 15.2. The fourth-order valence-electron chi connectivity index (χ4n) is 3.70. The first-order valence-electron chi connectivity index (χ1n) is 10.1. The van der Waals surface area contributed by atoms with Crippen LogP contribution in [0.5, 0.6) is 0 Å². The number of halogens is 3. The van der Waals surface area contributed by atoms with Gasteiger partial charge >= 0.3 is 6.03 Å². The minimum absolute atomic E-state index is 0.0251. The smallest absolute Gasteiger partial charge is 0.312 e. The molecule has 1 saturated carbocycles. The van der Waals surface area contributed by atoms with Gasteiger partial charge in [0.25, 0.3) is 5.92 Å². The quantitative estimate of drug-likeness (QED) is 0.539. The fraction of sp³-hybridized carbons (Fsp3) is 0.318. The number of anilines is 1. The van der Waals surface area contributed by atoms with Gasteiger partial charge < -0.3 is 10.6 Å². The van der Waals surface area contributed by atoms with Gasteiger partial charge in [0.05, 0.1) is 6.54 Å². The molecule has 164 valence electrons. The van der Waals surface area contributed by atoms with Gasteiger partial charge in [0.2, 0.25) is 0 Å². The molecule has 7 nitrogen and oxygen atoms in total. The maximum Gasteiger partial charge on any atom is 0.320 e. The monoisotopic (exact) mass is 440 g/mol. The van der Waals surface area contributed by atoms with Gasteiger partial charge in [0, 0.05) is 42.0 Å². The second kappa shape index (κ2) is 7.15. The van der Waals surface area contributed by atoms with Gasteiger partial charge in [-0.05, 0) is 37.1 Å². The van der Waals surface area contributed by atoms with E-state index in [0.717, 1.165) is 18.9 Å². The summed E-state index contributed by atoms with van der Waals surface area (Å²) < 4.78 is 46.2. The summed E-state index contributed by atoms with van der Waals surface area (Å²) in [6, 6.07) is 5.05. The van der Waals surface area contributed by atoms with E-state index in [2.05, 4.69) is 37.8 Å². The molecule has 32 heavy (non-hydrogen) atoms. The zero-order chi connectivity index (χ0) is 22.5. The molecular formula is C22H19F3N6O. The molecule has 3 N–H and O–H groups in total. The van der Waals surface area contributed by atoms with E-state index < -0.39 is 23.3 Å². The molecule has 0 unspecified atom stereocenters. The Labute approximate surface area is 181 Å². The topological polar surface area (TPSA) is 87.6 Å². The van der Waals surface area contributed by atoms with E-state index in [0.29, 0.717) is 18.3 Å². The van der Waals surface area contributed by atoms with E-state index in [9.17, 15) is 13.6 Å². The van der Waals surface area contributed by atoms with Gasteiger partial charge in [-0.2, -0.15) is 10.2 Å². The Balaban J connectivity index is 1.53. The number of benzene rings is 1. The predicted octanol–water partition coefficient (Wildman–Crippen LogP) is 3.86. The first kappa shape index (κ1) is 20.2. The highest BCUT2D eigenvalue weighted by Crippen LogP contribution is 2.44. The summed E-state index contributed by atoms with van der Waals surface area (Å²) in [5.74, 6) is 1.26. The average molecular weight is 440 g/mol. The number of nitrogens with one attached hydrogen (secondary N) is 3. The molecule has 0 spiro atoms.